The summed E-state index contributed by atoms with van der Waals surface area (Å²) in [5, 5.41) is 6.23. The average Bonchev–Trinajstić information content (AvgIpc) is 2.83. The summed E-state index contributed by atoms with van der Waals surface area (Å²) >= 11 is 6.20. The number of nitrogens with zero attached hydrogens (tertiary/aromatic N) is 2. The van der Waals surface area contributed by atoms with Crippen molar-refractivity contribution in [1.82, 2.24) is 10.3 Å². The third-order valence-electron chi connectivity index (χ3n) is 4.36. The smallest absolute Gasteiger partial charge is 0.337 e. The van der Waals surface area contributed by atoms with E-state index in [1.807, 2.05) is 12.1 Å². The summed E-state index contributed by atoms with van der Waals surface area (Å²) < 4.78 is 9.84. The molecular formula is C23H21ClN4O4. The van der Waals surface area contributed by atoms with E-state index in [0.717, 1.165) is 5.56 Å². The predicted octanol–water partition coefficient (Wildman–Crippen LogP) is 3.93. The van der Waals surface area contributed by atoms with Gasteiger partial charge in [-0.05, 0) is 54.1 Å². The van der Waals surface area contributed by atoms with Crippen LogP contribution in [-0.2, 0) is 11.3 Å². The molecule has 2 N–H and O–H groups in total. The number of carbonyl (C=O) groups is 2. The zero-order valence-corrected chi connectivity index (χ0v) is 18.2. The highest BCUT2D eigenvalue weighted by Gasteiger charge is 2.12. The number of guanidine groups is 1. The van der Waals surface area contributed by atoms with Crippen molar-refractivity contribution in [3.8, 4) is 5.75 Å². The molecule has 1 heterocycles. The maximum absolute atomic E-state index is 12.8. The Morgan fingerprint density at radius 1 is 1.06 bits per heavy atom. The summed E-state index contributed by atoms with van der Waals surface area (Å²) in [6, 6.07) is 14.9. The van der Waals surface area contributed by atoms with Crippen LogP contribution >= 0.6 is 11.6 Å². The van der Waals surface area contributed by atoms with Gasteiger partial charge in [0.1, 0.15) is 5.75 Å². The summed E-state index contributed by atoms with van der Waals surface area (Å²) in [7, 11) is 2.83. The second-order valence-corrected chi connectivity index (χ2v) is 6.93. The number of pyridine rings is 1. The lowest BCUT2D eigenvalue weighted by molar-refractivity contribution is 0.0600. The van der Waals surface area contributed by atoms with Crippen LogP contribution in [0, 0.1) is 0 Å². The first-order valence-electron chi connectivity index (χ1n) is 9.54. The number of esters is 1. The van der Waals surface area contributed by atoms with Crippen LogP contribution in [0.2, 0.25) is 5.02 Å². The second kappa shape index (κ2) is 10.9. The van der Waals surface area contributed by atoms with E-state index >= 15 is 0 Å². The standard InChI is InChI=1S/C23H21ClN4O4/c1-31-20-10-9-18(12-19(20)24)27-23(26-14-15-4-3-11-25-13-15)28-21(29)16-5-7-17(8-6-16)22(30)32-2/h3-13H,14H2,1-2H3,(H2,26,27,28,29). The number of benzene rings is 2. The van der Waals surface area contributed by atoms with Gasteiger partial charge in [0.2, 0.25) is 5.96 Å². The van der Waals surface area contributed by atoms with E-state index < -0.39 is 11.9 Å². The molecule has 0 aliphatic rings. The molecule has 32 heavy (non-hydrogen) atoms. The van der Waals surface area contributed by atoms with E-state index in [0.29, 0.717) is 34.1 Å². The van der Waals surface area contributed by atoms with Crippen LogP contribution in [0.25, 0.3) is 0 Å². The Balaban J connectivity index is 1.80. The van der Waals surface area contributed by atoms with Gasteiger partial charge in [-0.3, -0.25) is 15.1 Å². The number of aliphatic imine (C=N–C) groups is 1. The first-order chi connectivity index (χ1) is 15.5. The minimum absolute atomic E-state index is 0.220. The number of anilines is 1. The van der Waals surface area contributed by atoms with Gasteiger partial charge in [-0.25, -0.2) is 9.79 Å². The number of hydrogen-bond acceptors (Lipinski definition) is 6. The third kappa shape index (κ3) is 6.05. The summed E-state index contributed by atoms with van der Waals surface area (Å²) in [6.45, 7) is 0.293. The number of rotatable bonds is 6. The molecule has 3 aromatic rings. The van der Waals surface area contributed by atoms with Crippen molar-refractivity contribution in [2.45, 2.75) is 6.54 Å². The highest BCUT2D eigenvalue weighted by Crippen LogP contribution is 2.27. The molecule has 0 aliphatic heterocycles. The summed E-state index contributed by atoms with van der Waals surface area (Å²) in [5.74, 6) is -0.134. The van der Waals surface area contributed by atoms with Crippen LogP contribution in [0.1, 0.15) is 26.3 Å². The second-order valence-electron chi connectivity index (χ2n) is 6.52. The van der Waals surface area contributed by atoms with Crippen LogP contribution in [0.15, 0.2) is 72.0 Å². The lowest BCUT2D eigenvalue weighted by Crippen LogP contribution is -2.36. The third-order valence-corrected chi connectivity index (χ3v) is 4.65. The molecule has 0 unspecified atom stereocenters. The van der Waals surface area contributed by atoms with Gasteiger partial charge in [0.05, 0.1) is 31.4 Å². The average molecular weight is 453 g/mol. The Kier molecular flexibility index (Phi) is 7.77. The molecule has 1 amide bonds. The van der Waals surface area contributed by atoms with Crippen molar-refractivity contribution >= 4 is 35.1 Å². The summed E-state index contributed by atoms with van der Waals surface area (Å²) in [5.41, 5.74) is 2.18. The molecule has 0 saturated carbocycles. The monoisotopic (exact) mass is 452 g/mol. The Morgan fingerprint density at radius 3 is 2.44 bits per heavy atom. The maximum atomic E-state index is 12.8. The topological polar surface area (TPSA) is 102 Å². The quantitative estimate of drug-likeness (QED) is 0.334. The van der Waals surface area contributed by atoms with Gasteiger partial charge in [-0.2, -0.15) is 0 Å². The first-order valence-corrected chi connectivity index (χ1v) is 9.91. The normalized spacial score (nSPS) is 10.9. The highest BCUT2D eigenvalue weighted by molar-refractivity contribution is 6.32. The zero-order chi connectivity index (χ0) is 22.9. The number of nitrogens with one attached hydrogen (secondary N) is 2. The van der Waals surface area contributed by atoms with E-state index in [1.165, 1.54) is 38.5 Å². The van der Waals surface area contributed by atoms with Gasteiger partial charge >= 0.3 is 5.97 Å². The molecule has 9 heteroatoms. The summed E-state index contributed by atoms with van der Waals surface area (Å²) in [6.07, 6.45) is 3.37. The van der Waals surface area contributed by atoms with E-state index in [-0.39, 0.29) is 5.96 Å². The van der Waals surface area contributed by atoms with Gasteiger partial charge in [-0.1, -0.05) is 17.7 Å². The number of halogens is 1. The Hall–Kier alpha value is -3.91. The van der Waals surface area contributed by atoms with Gasteiger partial charge in [0, 0.05) is 23.6 Å². The molecule has 1 aromatic heterocycles. The molecule has 0 aliphatic carbocycles. The molecule has 0 fully saturated rings. The van der Waals surface area contributed by atoms with E-state index in [9.17, 15) is 9.59 Å². The molecule has 0 bridgehead atoms. The van der Waals surface area contributed by atoms with Gasteiger partial charge in [0.15, 0.2) is 0 Å². The summed E-state index contributed by atoms with van der Waals surface area (Å²) in [4.78, 5) is 32.9. The fourth-order valence-corrected chi connectivity index (χ4v) is 2.97. The van der Waals surface area contributed by atoms with E-state index in [2.05, 4.69) is 25.3 Å². The molecule has 8 nitrogen and oxygen atoms in total. The first kappa shape index (κ1) is 22.8. The Bertz CT molecular complexity index is 1120. The fourth-order valence-electron chi connectivity index (χ4n) is 2.71. The molecular weight excluding hydrogens is 432 g/mol. The lowest BCUT2D eigenvalue weighted by Gasteiger charge is -2.13. The zero-order valence-electron chi connectivity index (χ0n) is 17.5. The van der Waals surface area contributed by atoms with Crippen molar-refractivity contribution < 1.29 is 19.1 Å². The van der Waals surface area contributed by atoms with Gasteiger partial charge in [0.25, 0.3) is 5.91 Å². The van der Waals surface area contributed by atoms with Gasteiger partial charge in [-0.15, -0.1) is 0 Å². The molecule has 0 radical (unpaired) electrons. The number of carbonyl (C=O) groups excluding carboxylic acids is 2. The number of hydrogen-bond donors (Lipinski definition) is 2. The van der Waals surface area contributed by atoms with Crippen LogP contribution in [0.3, 0.4) is 0 Å². The SMILES string of the molecule is COC(=O)c1ccc(C(=O)NC(=NCc2cccnc2)Nc2ccc(OC)c(Cl)c2)cc1. The number of methoxy groups -OCH3 is 2. The van der Waals surface area contributed by atoms with E-state index in [4.69, 9.17) is 16.3 Å². The van der Waals surface area contributed by atoms with Crippen LogP contribution in [-0.4, -0.2) is 37.0 Å². The van der Waals surface area contributed by atoms with Crippen LogP contribution < -0.4 is 15.4 Å². The van der Waals surface area contributed by atoms with E-state index in [1.54, 1.807) is 30.6 Å². The predicted molar refractivity (Wildman–Crippen MR) is 122 cm³/mol. The van der Waals surface area contributed by atoms with Crippen LogP contribution in [0.4, 0.5) is 5.69 Å². The molecule has 2 aromatic carbocycles. The largest absolute Gasteiger partial charge is 0.495 e. The Morgan fingerprint density at radius 2 is 1.81 bits per heavy atom. The number of ether oxygens (including phenoxy) is 2. The van der Waals surface area contributed by atoms with Crippen molar-refractivity contribution in [3.05, 3.63) is 88.7 Å². The molecule has 0 spiro atoms. The van der Waals surface area contributed by atoms with Crippen molar-refractivity contribution in [2.75, 3.05) is 19.5 Å². The maximum Gasteiger partial charge on any atom is 0.337 e. The van der Waals surface area contributed by atoms with Crippen LogP contribution in [0.5, 0.6) is 5.75 Å². The molecule has 0 atom stereocenters. The highest BCUT2D eigenvalue weighted by atomic mass is 35.5. The fraction of sp³-hybridized carbons (Fsp3) is 0.130. The lowest BCUT2D eigenvalue weighted by atomic mass is 10.1. The van der Waals surface area contributed by atoms with Crippen molar-refractivity contribution in [1.29, 1.82) is 0 Å². The van der Waals surface area contributed by atoms with Gasteiger partial charge < -0.3 is 14.8 Å². The molecule has 164 valence electrons. The minimum Gasteiger partial charge on any atom is -0.495 e. The molecule has 3 rings (SSSR count). The molecule has 0 saturated heterocycles. The van der Waals surface area contributed by atoms with Crippen molar-refractivity contribution in [3.63, 3.8) is 0 Å². The van der Waals surface area contributed by atoms with Crippen molar-refractivity contribution in [2.24, 2.45) is 4.99 Å². The number of amides is 1. The minimum atomic E-state index is -0.478. The Labute approximate surface area is 190 Å². The number of aromatic nitrogens is 1.